The van der Waals surface area contributed by atoms with Gasteiger partial charge in [0, 0.05) is 12.8 Å². The second-order valence-corrected chi connectivity index (χ2v) is 22.7. The van der Waals surface area contributed by atoms with Crippen LogP contribution in [0, 0.1) is 23.7 Å². The molecule has 0 heterocycles. The van der Waals surface area contributed by atoms with E-state index in [9.17, 15) is 87.5 Å². The van der Waals surface area contributed by atoms with E-state index in [4.69, 9.17) is 17.2 Å². The van der Waals surface area contributed by atoms with E-state index in [1.54, 1.807) is 47.8 Å². The molecule has 0 radical (unpaired) electrons. The van der Waals surface area contributed by atoms with Crippen molar-refractivity contribution in [2.45, 2.75) is 199 Å². The number of unbranched alkanes of at least 4 members (excludes halogenated alkanes) is 1. The summed E-state index contributed by atoms with van der Waals surface area (Å²) < 4.78 is 0. The van der Waals surface area contributed by atoms with E-state index in [2.05, 4.69) is 47.9 Å². The Morgan fingerprint density at radius 1 is 0.410 bits per heavy atom. The van der Waals surface area contributed by atoms with Gasteiger partial charge in [0.1, 0.15) is 54.4 Å². The summed E-state index contributed by atoms with van der Waals surface area (Å²) in [6.07, 6.45) is -1.34. The van der Waals surface area contributed by atoms with Crippen LogP contribution in [-0.2, 0) is 67.1 Å². The van der Waals surface area contributed by atoms with Crippen LogP contribution in [0.25, 0.3) is 0 Å². The molecular weight excluding hydrogens is 1110 g/mol. The van der Waals surface area contributed by atoms with Crippen LogP contribution >= 0.6 is 11.8 Å². The SMILES string of the molecule is CSCC[C@H](NC(=O)[C@H](CC(C)C)NC(=O)[C@@H](N)CCCCN)C(=O)N[C@@H](CC(=O)O)C(=O)N[C@@H](CC(C)C)C(=O)N[C@@H](CC(=O)O)C(=O)N[C@H](C(=O)N[C@@H](CCC(=O)O)C(=O)N[C@@H](CCC(N)=O)C(=O)N[C@@H](CC(C)C)C(=O)O)C(C)C. The average Bonchev–Trinajstić information content (AvgIpc) is 3.37. The summed E-state index contributed by atoms with van der Waals surface area (Å²) in [5, 5.41) is 60.3. The molecule has 0 unspecified atom stereocenters. The fourth-order valence-corrected chi connectivity index (χ4v) is 8.54. The van der Waals surface area contributed by atoms with Crippen LogP contribution in [0.3, 0.4) is 0 Å². The third kappa shape index (κ3) is 31.8. The van der Waals surface area contributed by atoms with Gasteiger partial charge in [-0.3, -0.25) is 62.3 Å². The van der Waals surface area contributed by atoms with Gasteiger partial charge >= 0.3 is 23.9 Å². The molecule has 31 heteroatoms. The monoisotopic (exact) mass is 1200 g/mol. The van der Waals surface area contributed by atoms with Gasteiger partial charge in [-0.1, -0.05) is 61.8 Å². The van der Waals surface area contributed by atoms with Crippen molar-refractivity contribution in [1.82, 2.24) is 47.9 Å². The number of aliphatic carboxylic acids is 4. The lowest BCUT2D eigenvalue weighted by atomic mass is 10.00. The molecule has 0 saturated carbocycles. The van der Waals surface area contributed by atoms with Crippen molar-refractivity contribution in [3.8, 4) is 0 Å². The maximum absolute atomic E-state index is 14.1. The van der Waals surface area contributed by atoms with Gasteiger partial charge in [-0.25, -0.2) is 4.79 Å². The Bertz CT molecular complexity index is 2240. The molecule has 0 aromatic rings. The molecule has 0 aromatic heterocycles. The lowest BCUT2D eigenvalue weighted by molar-refractivity contribution is -0.143. The molecule has 30 nitrogen and oxygen atoms in total. The van der Waals surface area contributed by atoms with Crippen molar-refractivity contribution in [2.24, 2.45) is 40.9 Å². The van der Waals surface area contributed by atoms with Crippen LogP contribution < -0.4 is 65.1 Å². The Labute approximate surface area is 487 Å². The molecule has 0 fully saturated rings. The second-order valence-electron chi connectivity index (χ2n) is 21.8. The minimum atomic E-state index is -1.99. The number of hydrogen-bond acceptors (Lipinski definition) is 17. The maximum atomic E-state index is 14.1. The van der Waals surface area contributed by atoms with Gasteiger partial charge < -0.3 is 85.5 Å². The number of hydrogen-bond donors (Lipinski definition) is 16. The van der Waals surface area contributed by atoms with E-state index in [1.807, 2.05) is 0 Å². The van der Waals surface area contributed by atoms with Crippen molar-refractivity contribution < 1.29 is 87.5 Å². The van der Waals surface area contributed by atoms with E-state index < -0.39 is 194 Å². The van der Waals surface area contributed by atoms with Crippen LogP contribution in [-0.4, -0.2) is 182 Å². The molecule has 0 spiro atoms. The normalized spacial score (nSPS) is 14.9. The maximum Gasteiger partial charge on any atom is 0.326 e. The largest absolute Gasteiger partial charge is 0.481 e. The standard InChI is InChI=1S/C52H90N12O18S/c1-25(2)20-33(59-43(72)29(54)12-10-11-18-53)47(76)57-32(17-19-83-9)46(75)61-35(23-40(68)69)49(78)60-34(21-26(3)4)48(77)62-36(24-41(70)71)50(79)64-42(28(7)8)51(80)58-31(14-16-39(66)67)44(73)56-30(13-15-38(55)65)45(74)63-37(52(81)82)22-27(5)6/h25-37,42H,10-24,53-54H2,1-9H3,(H2,55,65)(H,56,73)(H,57,76)(H,58,80)(H,59,72)(H,60,78)(H,61,75)(H,62,77)(H,63,74)(H,64,79)(H,66,67)(H,68,69)(H,70,71)(H,81,82)/t29-,30-,31-,32-,33-,34-,35-,36-,37-,42-/m0/s1. The van der Waals surface area contributed by atoms with Crippen molar-refractivity contribution in [1.29, 1.82) is 0 Å². The molecule has 0 aromatic carbocycles. The highest BCUT2D eigenvalue weighted by Crippen LogP contribution is 2.14. The van der Waals surface area contributed by atoms with Gasteiger partial charge in [0.2, 0.25) is 59.1 Å². The van der Waals surface area contributed by atoms with Gasteiger partial charge in [0.15, 0.2) is 0 Å². The smallest absolute Gasteiger partial charge is 0.326 e. The summed E-state index contributed by atoms with van der Waals surface area (Å²) in [7, 11) is 0. The Balaban J connectivity index is 6.80. The Hall–Kier alpha value is -7.15. The van der Waals surface area contributed by atoms with Gasteiger partial charge in [0.05, 0.1) is 18.9 Å². The number of carboxylic acid groups (broad SMARTS) is 4. The van der Waals surface area contributed by atoms with E-state index in [0.717, 1.165) is 0 Å². The first-order chi connectivity index (χ1) is 38.6. The number of rotatable bonds is 43. The summed E-state index contributed by atoms with van der Waals surface area (Å²) in [6, 6.07) is -15.5. The van der Waals surface area contributed by atoms with Gasteiger partial charge in [-0.15, -0.1) is 0 Å². The molecule has 10 amide bonds. The molecule has 472 valence electrons. The topological polar surface area (TPSA) is 506 Å². The molecule has 10 atom stereocenters. The van der Waals surface area contributed by atoms with Gasteiger partial charge in [-0.2, -0.15) is 11.8 Å². The molecule has 0 bridgehead atoms. The van der Waals surface area contributed by atoms with Crippen molar-refractivity contribution in [3.05, 3.63) is 0 Å². The van der Waals surface area contributed by atoms with Gasteiger partial charge in [0.25, 0.3) is 0 Å². The average molecular weight is 1200 g/mol. The zero-order valence-electron chi connectivity index (χ0n) is 48.8. The number of amides is 10. The Morgan fingerprint density at radius 2 is 0.759 bits per heavy atom. The molecule has 0 aliphatic rings. The first-order valence-electron chi connectivity index (χ1n) is 27.5. The van der Waals surface area contributed by atoms with E-state index in [1.165, 1.54) is 25.6 Å². The summed E-state index contributed by atoms with van der Waals surface area (Å²) in [6.45, 7) is 13.5. The molecule has 0 rings (SSSR count). The third-order valence-electron chi connectivity index (χ3n) is 12.4. The van der Waals surface area contributed by atoms with Crippen molar-refractivity contribution in [2.75, 3.05) is 18.6 Å². The van der Waals surface area contributed by atoms with E-state index in [0.29, 0.717) is 25.8 Å². The predicted molar refractivity (Wildman–Crippen MR) is 302 cm³/mol. The third-order valence-corrected chi connectivity index (χ3v) is 13.1. The number of carboxylic acids is 4. The number of nitrogens with one attached hydrogen (secondary N) is 9. The number of carbonyl (C=O) groups is 14. The van der Waals surface area contributed by atoms with Crippen molar-refractivity contribution >= 4 is 94.7 Å². The fourth-order valence-electron chi connectivity index (χ4n) is 8.07. The highest BCUT2D eigenvalue weighted by atomic mass is 32.2. The number of thioether (sulfide) groups is 1. The minimum Gasteiger partial charge on any atom is -0.481 e. The molecular formula is C52H90N12O18S. The number of nitrogens with two attached hydrogens (primary N) is 3. The Kier molecular flexibility index (Phi) is 36.0. The quantitative estimate of drug-likeness (QED) is 0.0281. The molecule has 83 heavy (non-hydrogen) atoms. The van der Waals surface area contributed by atoms with E-state index >= 15 is 0 Å². The Morgan fingerprint density at radius 3 is 1.14 bits per heavy atom. The number of carbonyl (C=O) groups excluding carboxylic acids is 10. The summed E-state index contributed by atoms with van der Waals surface area (Å²) in [5.41, 5.74) is 16.9. The minimum absolute atomic E-state index is 0.0245. The lowest BCUT2D eigenvalue weighted by Gasteiger charge is -2.29. The summed E-state index contributed by atoms with van der Waals surface area (Å²) in [4.78, 5) is 183. The molecule has 0 aliphatic heterocycles. The van der Waals surface area contributed by atoms with Gasteiger partial charge in [-0.05, 0) is 93.6 Å². The van der Waals surface area contributed by atoms with Crippen LogP contribution in [0.5, 0.6) is 0 Å². The van der Waals surface area contributed by atoms with E-state index in [-0.39, 0.29) is 43.3 Å². The zero-order chi connectivity index (χ0) is 63.8. The first-order valence-corrected chi connectivity index (χ1v) is 28.9. The highest BCUT2D eigenvalue weighted by Gasteiger charge is 2.38. The summed E-state index contributed by atoms with van der Waals surface area (Å²) >= 11 is 1.30. The summed E-state index contributed by atoms with van der Waals surface area (Å²) in [5.74, 6) is -17.6. The van der Waals surface area contributed by atoms with Crippen LogP contribution in [0.15, 0.2) is 0 Å². The second kappa shape index (κ2) is 39.4. The highest BCUT2D eigenvalue weighted by molar-refractivity contribution is 7.98. The molecule has 0 saturated heterocycles. The van der Waals surface area contributed by atoms with Crippen LogP contribution in [0.1, 0.15) is 139 Å². The van der Waals surface area contributed by atoms with Crippen LogP contribution in [0.2, 0.25) is 0 Å². The number of primary amides is 1. The lowest BCUT2D eigenvalue weighted by Crippen LogP contribution is -2.61. The predicted octanol–water partition coefficient (Wildman–Crippen LogP) is -2.48. The van der Waals surface area contributed by atoms with Crippen molar-refractivity contribution in [3.63, 3.8) is 0 Å². The molecule has 19 N–H and O–H groups in total. The first kappa shape index (κ1) is 75.8. The van der Waals surface area contributed by atoms with Crippen LogP contribution in [0.4, 0.5) is 0 Å². The fraction of sp³-hybridized carbons (Fsp3) is 0.731. The zero-order valence-corrected chi connectivity index (χ0v) is 49.7. The molecule has 0 aliphatic carbocycles.